The average molecular weight is 599 g/mol. The summed E-state index contributed by atoms with van der Waals surface area (Å²) in [4.78, 5) is 31.0. The Labute approximate surface area is 232 Å². The summed E-state index contributed by atoms with van der Waals surface area (Å²) in [6.07, 6.45) is 1.74. The number of amides is 1. The zero-order valence-corrected chi connectivity index (χ0v) is 23.0. The first kappa shape index (κ1) is 27.4. The van der Waals surface area contributed by atoms with Crippen LogP contribution in [0.15, 0.2) is 75.0 Å². The molecular formula is C28H24BrFN2O5S. The lowest BCUT2D eigenvalue weighted by Gasteiger charge is -2.15. The zero-order valence-electron chi connectivity index (χ0n) is 20.6. The molecule has 1 fully saturated rings. The number of thioether (sulfide) groups is 1. The van der Waals surface area contributed by atoms with E-state index in [9.17, 15) is 19.1 Å². The van der Waals surface area contributed by atoms with Gasteiger partial charge in [0.05, 0.1) is 27.2 Å². The van der Waals surface area contributed by atoms with Gasteiger partial charge in [-0.2, -0.15) is 0 Å². The van der Waals surface area contributed by atoms with Gasteiger partial charge in [-0.3, -0.25) is 9.69 Å². The number of carboxylic acid groups (broad SMARTS) is 1. The van der Waals surface area contributed by atoms with E-state index in [4.69, 9.17) is 9.47 Å². The molecule has 1 saturated heterocycles. The highest BCUT2D eigenvalue weighted by Crippen LogP contribution is 2.40. The Bertz CT molecular complexity index is 1440. The molecule has 4 rings (SSSR count). The number of carbonyl (C=O) groups excluding carboxylic acids is 1. The quantitative estimate of drug-likeness (QED) is 0.270. The molecule has 1 amide bonds. The Morgan fingerprint density at radius 1 is 1.13 bits per heavy atom. The van der Waals surface area contributed by atoms with Gasteiger partial charge in [0.25, 0.3) is 5.91 Å². The first-order chi connectivity index (χ1) is 18.3. The second-order valence-corrected chi connectivity index (χ2v) is 9.92. The van der Waals surface area contributed by atoms with E-state index >= 15 is 0 Å². The number of halogens is 2. The van der Waals surface area contributed by atoms with E-state index in [0.717, 1.165) is 0 Å². The van der Waals surface area contributed by atoms with E-state index in [1.165, 1.54) is 34.9 Å². The molecule has 38 heavy (non-hydrogen) atoms. The van der Waals surface area contributed by atoms with Gasteiger partial charge in [-0.1, -0.05) is 24.3 Å². The van der Waals surface area contributed by atoms with Crippen molar-refractivity contribution < 1.29 is 28.6 Å². The minimum absolute atomic E-state index is 0.0223. The van der Waals surface area contributed by atoms with Crippen molar-refractivity contribution in [2.75, 3.05) is 13.2 Å². The molecule has 1 N–H and O–H groups in total. The molecule has 0 aromatic heterocycles. The van der Waals surface area contributed by atoms with Crippen molar-refractivity contribution in [2.24, 2.45) is 4.99 Å². The third-order valence-corrected chi connectivity index (χ3v) is 7.08. The molecule has 1 aliphatic rings. The molecule has 0 unspecified atom stereocenters. The number of ether oxygens (including phenoxy) is 2. The summed E-state index contributed by atoms with van der Waals surface area (Å²) in [6.45, 7) is 4.49. The van der Waals surface area contributed by atoms with Gasteiger partial charge in [0.1, 0.15) is 12.4 Å². The van der Waals surface area contributed by atoms with Crippen molar-refractivity contribution in [3.8, 4) is 11.5 Å². The summed E-state index contributed by atoms with van der Waals surface area (Å²) in [5.41, 5.74) is 1.67. The first-order valence-corrected chi connectivity index (χ1v) is 13.4. The Balaban J connectivity index is 1.62. The van der Waals surface area contributed by atoms with E-state index in [1.54, 1.807) is 48.5 Å². The van der Waals surface area contributed by atoms with Crippen LogP contribution in [0.5, 0.6) is 11.5 Å². The fourth-order valence-electron chi connectivity index (χ4n) is 3.68. The summed E-state index contributed by atoms with van der Waals surface area (Å²) in [5.74, 6) is -0.732. The molecule has 3 aromatic rings. The van der Waals surface area contributed by atoms with E-state index < -0.39 is 5.97 Å². The fraction of sp³-hybridized carbons (Fsp3) is 0.179. The van der Waals surface area contributed by atoms with Gasteiger partial charge in [0.15, 0.2) is 16.7 Å². The van der Waals surface area contributed by atoms with E-state index in [0.29, 0.717) is 56.0 Å². The number of aliphatic imine (C=N–C) groups is 1. The van der Waals surface area contributed by atoms with Crippen molar-refractivity contribution in [3.05, 3.63) is 92.5 Å². The van der Waals surface area contributed by atoms with Crippen LogP contribution in [0.3, 0.4) is 0 Å². The van der Waals surface area contributed by atoms with Gasteiger partial charge in [-0.05, 0) is 89.6 Å². The van der Waals surface area contributed by atoms with Gasteiger partial charge < -0.3 is 14.6 Å². The minimum Gasteiger partial charge on any atom is -0.490 e. The Kier molecular flexibility index (Phi) is 8.85. The second kappa shape index (κ2) is 12.3. The molecule has 10 heteroatoms. The highest BCUT2D eigenvalue weighted by atomic mass is 79.9. The van der Waals surface area contributed by atoms with Crippen LogP contribution in [-0.4, -0.2) is 40.2 Å². The van der Waals surface area contributed by atoms with Gasteiger partial charge in [0, 0.05) is 12.1 Å². The van der Waals surface area contributed by atoms with Crippen molar-refractivity contribution in [3.63, 3.8) is 0 Å². The van der Waals surface area contributed by atoms with Gasteiger partial charge >= 0.3 is 5.97 Å². The maximum absolute atomic E-state index is 14.1. The van der Waals surface area contributed by atoms with Crippen LogP contribution < -0.4 is 9.47 Å². The molecule has 1 heterocycles. The maximum atomic E-state index is 14.1. The van der Waals surface area contributed by atoms with Crippen molar-refractivity contribution in [2.45, 2.75) is 20.5 Å². The van der Waals surface area contributed by atoms with E-state index in [2.05, 4.69) is 20.9 Å². The number of carboxylic acids is 1. The monoisotopic (exact) mass is 598 g/mol. The lowest BCUT2D eigenvalue weighted by atomic mass is 10.1. The molecule has 0 spiro atoms. The number of likely N-dealkylation sites (N-methyl/N-ethyl adjacent to an activating group) is 1. The highest BCUT2D eigenvalue weighted by molar-refractivity contribution is 9.10. The normalized spacial score (nSPS) is 15.4. The van der Waals surface area contributed by atoms with Crippen molar-refractivity contribution in [1.82, 2.24) is 4.90 Å². The predicted molar refractivity (Wildman–Crippen MR) is 149 cm³/mol. The molecule has 0 atom stereocenters. The molecular weight excluding hydrogens is 575 g/mol. The van der Waals surface area contributed by atoms with E-state index in [1.807, 2.05) is 13.8 Å². The lowest BCUT2D eigenvalue weighted by molar-refractivity contribution is -0.122. The zero-order chi connectivity index (χ0) is 27.2. The highest BCUT2D eigenvalue weighted by Gasteiger charge is 2.32. The Hall–Kier alpha value is -3.63. The third kappa shape index (κ3) is 6.25. The fourth-order valence-corrected chi connectivity index (χ4v) is 5.32. The van der Waals surface area contributed by atoms with E-state index in [-0.39, 0.29) is 23.9 Å². The molecule has 0 saturated carbocycles. The van der Waals surface area contributed by atoms with Gasteiger partial charge in [-0.25, -0.2) is 14.2 Å². The average Bonchev–Trinajstić information content (AvgIpc) is 3.18. The van der Waals surface area contributed by atoms with Crippen LogP contribution in [0.25, 0.3) is 6.08 Å². The molecule has 7 nitrogen and oxygen atoms in total. The number of hydrogen-bond donors (Lipinski definition) is 1. The Morgan fingerprint density at radius 3 is 2.63 bits per heavy atom. The molecule has 0 radical (unpaired) electrons. The lowest BCUT2D eigenvalue weighted by Crippen LogP contribution is -2.28. The molecule has 1 aliphatic heterocycles. The summed E-state index contributed by atoms with van der Waals surface area (Å²) in [5, 5.41) is 9.71. The van der Waals surface area contributed by atoms with Crippen LogP contribution in [-0.2, 0) is 11.4 Å². The number of hydrogen-bond acceptors (Lipinski definition) is 6. The van der Waals surface area contributed by atoms with Crippen molar-refractivity contribution >= 4 is 56.5 Å². The van der Waals surface area contributed by atoms with Gasteiger partial charge in [0.2, 0.25) is 0 Å². The molecule has 196 valence electrons. The van der Waals surface area contributed by atoms with Crippen LogP contribution in [0.2, 0.25) is 0 Å². The molecule has 3 aromatic carbocycles. The number of rotatable bonds is 9. The molecule has 0 aliphatic carbocycles. The minimum atomic E-state index is -1.05. The standard InChI is InChI=1S/C28H24BrFN2O5S/c1-3-32-26(33)24(38-28(32)31-20-10-7-9-18(15-20)27(34)35)14-17-12-21(29)25(23(13-17)36-4-2)37-16-19-8-5-6-11-22(19)30/h5-15H,3-4,16H2,1-2H3,(H,34,35). The van der Waals surface area contributed by atoms with Crippen LogP contribution in [0.1, 0.15) is 35.3 Å². The Morgan fingerprint density at radius 2 is 1.92 bits per heavy atom. The largest absolute Gasteiger partial charge is 0.490 e. The molecule has 0 bridgehead atoms. The van der Waals surface area contributed by atoms with Crippen LogP contribution in [0.4, 0.5) is 10.1 Å². The summed E-state index contributed by atoms with van der Waals surface area (Å²) in [6, 6.07) is 16.2. The first-order valence-electron chi connectivity index (χ1n) is 11.8. The number of benzene rings is 3. The van der Waals surface area contributed by atoms with Crippen molar-refractivity contribution in [1.29, 1.82) is 0 Å². The second-order valence-electron chi connectivity index (χ2n) is 8.05. The number of amidine groups is 1. The topological polar surface area (TPSA) is 88.4 Å². The van der Waals surface area contributed by atoms with Crippen LogP contribution >= 0.6 is 27.7 Å². The summed E-state index contributed by atoms with van der Waals surface area (Å²) in [7, 11) is 0. The SMILES string of the molecule is CCOc1cc(C=C2SC(=Nc3cccc(C(=O)O)c3)N(CC)C2=O)cc(Br)c1OCc1ccccc1F. The summed E-state index contributed by atoms with van der Waals surface area (Å²) < 4.78 is 26.3. The van der Waals surface area contributed by atoms with Gasteiger partial charge in [-0.15, -0.1) is 0 Å². The number of carbonyl (C=O) groups is 2. The third-order valence-electron chi connectivity index (χ3n) is 5.48. The number of aromatic carboxylic acids is 1. The smallest absolute Gasteiger partial charge is 0.335 e. The number of nitrogens with zero attached hydrogens (tertiary/aromatic N) is 2. The predicted octanol–water partition coefficient (Wildman–Crippen LogP) is 6.89. The summed E-state index contributed by atoms with van der Waals surface area (Å²) >= 11 is 4.73. The maximum Gasteiger partial charge on any atom is 0.335 e. The van der Waals surface area contributed by atoms with Crippen LogP contribution in [0, 0.1) is 5.82 Å².